The van der Waals surface area contributed by atoms with Gasteiger partial charge in [-0.3, -0.25) is 10.1 Å². The Hall–Kier alpha value is -1.39. The second-order valence-corrected chi connectivity index (χ2v) is 6.15. The first-order valence-corrected chi connectivity index (χ1v) is 7.65. The van der Waals surface area contributed by atoms with Crippen molar-refractivity contribution in [3.63, 3.8) is 0 Å². The smallest absolute Gasteiger partial charge is 0.241 e. The fourth-order valence-electron chi connectivity index (χ4n) is 3.00. The third-order valence-corrected chi connectivity index (χ3v) is 4.02. The zero-order valence-corrected chi connectivity index (χ0v) is 13.4. The van der Waals surface area contributed by atoms with Gasteiger partial charge in [0.25, 0.3) is 0 Å². The van der Waals surface area contributed by atoms with Crippen LogP contribution in [0.4, 0.5) is 0 Å². The van der Waals surface area contributed by atoms with Gasteiger partial charge in [-0.05, 0) is 24.8 Å². The molecule has 0 aromatic heterocycles. The van der Waals surface area contributed by atoms with Crippen molar-refractivity contribution < 1.29 is 9.53 Å². The Morgan fingerprint density at radius 1 is 1.24 bits per heavy atom. The van der Waals surface area contributed by atoms with Crippen LogP contribution in [0, 0.1) is 5.92 Å². The van der Waals surface area contributed by atoms with E-state index in [1.807, 2.05) is 30.0 Å². The van der Waals surface area contributed by atoms with E-state index in [1.165, 1.54) is 5.56 Å². The molecular formula is C17H26N2O2. The van der Waals surface area contributed by atoms with Gasteiger partial charge < -0.3 is 9.64 Å². The number of nitrogens with one attached hydrogen (secondary N) is 1. The van der Waals surface area contributed by atoms with E-state index in [2.05, 4.69) is 31.3 Å². The Kier molecular flexibility index (Phi) is 5.37. The number of carbonyl (C=O) groups is 1. The number of ether oxygens (including phenoxy) is 1. The molecule has 0 radical (unpaired) electrons. The number of amides is 1. The molecule has 3 atom stereocenters. The third-order valence-electron chi connectivity index (χ3n) is 4.02. The van der Waals surface area contributed by atoms with Crippen LogP contribution < -0.4 is 5.32 Å². The maximum atomic E-state index is 12.7. The van der Waals surface area contributed by atoms with Crippen LogP contribution in [-0.2, 0) is 16.0 Å². The Balaban J connectivity index is 2.13. The Bertz CT molecular complexity index is 461. The van der Waals surface area contributed by atoms with Crippen molar-refractivity contribution in [2.45, 2.75) is 45.4 Å². The molecule has 116 valence electrons. The quantitative estimate of drug-likeness (QED) is 0.872. The molecule has 1 saturated heterocycles. The highest BCUT2D eigenvalue weighted by Gasteiger charge is 2.42. The van der Waals surface area contributed by atoms with Gasteiger partial charge in [0.05, 0.1) is 24.9 Å². The van der Waals surface area contributed by atoms with Crippen molar-refractivity contribution in [1.29, 1.82) is 0 Å². The van der Waals surface area contributed by atoms with Gasteiger partial charge in [0.2, 0.25) is 5.91 Å². The number of methoxy groups -OCH3 is 1. The van der Waals surface area contributed by atoms with Crippen molar-refractivity contribution in [1.82, 2.24) is 10.2 Å². The predicted octanol–water partition coefficient (Wildman–Crippen LogP) is 2.05. The lowest BCUT2D eigenvalue weighted by atomic mass is 10.1. The molecular weight excluding hydrogens is 264 g/mol. The van der Waals surface area contributed by atoms with Crippen LogP contribution in [0.5, 0.6) is 0 Å². The van der Waals surface area contributed by atoms with Crippen molar-refractivity contribution in [2.24, 2.45) is 5.92 Å². The minimum atomic E-state index is -0.140. The molecule has 1 aromatic rings. The molecule has 1 aliphatic heterocycles. The fraction of sp³-hybridized carbons (Fsp3) is 0.588. The number of benzene rings is 1. The second-order valence-electron chi connectivity index (χ2n) is 6.15. The molecule has 1 N–H and O–H groups in total. The molecule has 0 saturated carbocycles. The molecule has 1 heterocycles. The number of rotatable bonds is 6. The van der Waals surface area contributed by atoms with Gasteiger partial charge in [-0.2, -0.15) is 0 Å². The molecule has 1 aromatic carbocycles. The van der Waals surface area contributed by atoms with Gasteiger partial charge in [-0.1, -0.05) is 44.2 Å². The molecule has 0 spiro atoms. The van der Waals surface area contributed by atoms with Crippen molar-refractivity contribution in [3.8, 4) is 0 Å². The second kappa shape index (κ2) is 7.05. The van der Waals surface area contributed by atoms with E-state index in [1.54, 1.807) is 7.11 Å². The maximum Gasteiger partial charge on any atom is 0.241 e. The molecule has 1 fully saturated rings. The zero-order valence-electron chi connectivity index (χ0n) is 13.4. The van der Waals surface area contributed by atoms with Gasteiger partial charge >= 0.3 is 0 Å². The highest BCUT2D eigenvalue weighted by atomic mass is 16.5. The highest BCUT2D eigenvalue weighted by molar-refractivity contribution is 5.85. The summed E-state index contributed by atoms with van der Waals surface area (Å²) in [6.07, 6.45) is 0.815. The molecule has 4 nitrogen and oxygen atoms in total. The predicted molar refractivity (Wildman–Crippen MR) is 83.9 cm³/mol. The SMILES string of the molecule is COCC(C)N1C(=O)C(Cc2ccccc2)NC1C(C)C. The normalized spacial score (nSPS) is 23.9. The number of hydrogen-bond donors (Lipinski definition) is 1. The van der Waals surface area contributed by atoms with Crippen LogP contribution in [0.15, 0.2) is 30.3 Å². The van der Waals surface area contributed by atoms with Crippen LogP contribution in [0.2, 0.25) is 0 Å². The lowest BCUT2D eigenvalue weighted by molar-refractivity contribution is -0.133. The van der Waals surface area contributed by atoms with Crippen LogP contribution in [0.1, 0.15) is 26.3 Å². The summed E-state index contributed by atoms with van der Waals surface area (Å²) in [4.78, 5) is 14.7. The molecule has 2 rings (SSSR count). The fourth-order valence-corrected chi connectivity index (χ4v) is 3.00. The van der Waals surface area contributed by atoms with Crippen molar-refractivity contribution in [2.75, 3.05) is 13.7 Å². The van der Waals surface area contributed by atoms with E-state index < -0.39 is 0 Å². The topological polar surface area (TPSA) is 41.6 Å². The van der Waals surface area contributed by atoms with Crippen LogP contribution in [0.3, 0.4) is 0 Å². The summed E-state index contributed by atoms with van der Waals surface area (Å²) in [5, 5.41) is 3.50. The zero-order chi connectivity index (χ0) is 15.4. The summed E-state index contributed by atoms with van der Waals surface area (Å²) in [7, 11) is 1.68. The van der Waals surface area contributed by atoms with Crippen LogP contribution in [-0.4, -0.2) is 42.8 Å². The molecule has 0 bridgehead atoms. The first-order valence-electron chi connectivity index (χ1n) is 7.65. The molecule has 4 heteroatoms. The van der Waals surface area contributed by atoms with Gasteiger partial charge in [0, 0.05) is 7.11 Å². The summed E-state index contributed by atoms with van der Waals surface area (Å²) in [5.41, 5.74) is 1.19. The van der Waals surface area contributed by atoms with E-state index in [0.29, 0.717) is 12.5 Å². The van der Waals surface area contributed by atoms with Crippen LogP contribution in [0.25, 0.3) is 0 Å². The van der Waals surface area contributed by atoms with E-state index in [4.69, 9.17) is 4.74 Å². The van der Waals surface area contributed by atoms with Crippen molar-refractivity contribution in [3.05, 3.63) is 35.9 Å². The summed E-state index contributed by atoms with van der Waals surface area (Å²) < 4.78 is 5.22. The Morgan fingerprint density at radius 2 is 1.90 bits per heavy atom. The van der Waals surface area contributed by atoms with Gasteiger partial charge in [-0.25, -0.2) is 0 Å². The van der Waals surface area contributed by atoms with Crippen LogP contribution >= 0.6 is 0 Å². The van der Waals surface area contributed by atoms with Gasteiger partial charge in [0.15, 0.2) is 0 Å². The molecule has 1 amide bonds. The third kappa shape index (κ3) is 3.63. The average molecular weight is 290 g/mol. The lowest BCUT2D eigenvalue weighted by Crippen LogP contribution is -2.47. The monoisotopic (exact) mass is 290 g/mol. The minimum absolute atomic E-state index is 0.0800. The minimum Gasteiger partial charge on any atom is -0.383 e. The van der Waals surface area contributed by atoms with Crippen molar-refractivity contribution >= 4 is 5.91 Å². The molecule has 0 aliphatic carbocycles. The number of nitrogens with zero attached hydrogens (tertiary/aromatic N) is 1. The Morgan fingerprint density at radius 3 is 2.48 bits per heavy atom. The summed E-state index contributed by atoms with van der Waals surface area (Å²) >= 11 is 0. The van der Waals surface area contributed by atoms with E-state index in [0.717, 1.165) is 6.42 Å². The number of carbonyl (C=O) groups excluding carboxylic acids is 1. The van der Waals surface area contributed by atoms with Gasteiger partial charge in [0.1, 0.15) is 0 Å². The van der Waals surface area contributed by atoms with Gasteiger partial charge in [-0.15, -0.1) is 0 Å². The first kappa shape index (κ1) is 16.0. The maximum absolute atomic E-state index is 12.7. The first-order chi connectivity index (χ1) is 10.0. The summed E-state index contributed by atoms with van der Waals surface area (Å²) in [5.74, 6) is 0.552. The largest absolute Gasteiger partial charge is 0.383 e. The Labute approximate surface area is 127 Å². The number of hydrogen-bond acceptors (Lipinski definition) is 3. The van der Waals surface area contributed by atoms with E-state index in [9.17, 15) is 4.79 Å². The molecule has 1 aliphatic rings. The lowest BCUT2D eigenvalue weighted by Gasteiger charge is -2.32. The van der Waals surface area contributed by atoms with E-state index >= 15 is 0 Å². The standard InChI is InChI=1S/C17H26N2O2/c1-12(2)16-18-15(10-14-8-6-5-7-9-14)17(20)19(16)13(3)11-21-4/h5-9,12-13,15-16,18H,10-11H2,1-4H3. The molecule has 21 heavy (non-hydrogen) atoms. The summed E-state index contributed by atoms with van der Waals surface area (Å²) in [6, 6.07) is 10.1. The average Bonchev–Trinajstić information content (AvgIpc) is 2.78. The summed E-state index contributed by atoms with van der Waals surface area (Å²) in [6.45, 7) is 6.89. The van der Waals surface area contributed by atoms with E-state index in [-0.39, 0.29) is 24.2 Å². The molecule has 3 unspecified atom stereocenters. The highest BCUT2D eigenvalue weighted by Crippen LogP contribution is 2.22.